The molecule has 0 radical (unpaired) electrons. The average molecular weight is 595 g/mol. The van der Waals surface area contributed by atoms with Crippen LogP contribution in [0.3, 0.4) is 0 Å². The first kappa shape index (κ1) is 35.2. The third-order valence-corrected chi connectivity index (χ3v) is 5.28. The predicted octanol–water partition coefficient (Wildman–Crippen LogP) is 2.80. The molecule has 0 bridgehead atoms. The van der Waals surface area contributed by atoms with Crippen molar-refractivity contribution in [1.29, 1.82) is 0 Å². The number of amides is 1. The van der Waals surface area contributed by atoms with Crippen molar-refractivity contribution in [3.05, 3.63) is 48.5 Å². The molecular weight excluding hydrogens is 548 g/mol. The van der Waals surface area contributed by atoms with Crippen LogP contribution in [0.5, 0.6) is 11.5 Å². The van der Waals surface area contributed by atoms with E-state index in [9.17, 15) is 4.79 Å². The molecule has 42 heavy (non-hydrogen) atoms. The molecule has 2 rings (SSSR count). The molecule has 3 N–H and O–H groups in total. The van der Waals surface area contributed by atoms with E-state index in [1.807, 2.05) is 12.1 Å². The average Bonchev–Trinajstić information content (AvgIpc) is 2.98. The molecule has 236 valence electrons. The third-order valence-electron chi connectivity index (χ3n) is 5.28. The Kier molecular flexibility index (Phi) is 20.6. The molecule has 0 unspecified atom stereocenters. The Hall–Kier alpha value is -2.97. The van der Waals surface area contributed by atoms with Crippen LogP contribution in [0.2, 0.25) is 0 Å². The molecule has 0 fully saturated rings. The SMILES string of the molecule is CC(=O)Nc1ccc(OCCOCCOCCOCCOCCOCCOCCOCCOc2ccc(N)cc2)cc1. The zero-order chi connectivity index (χ0) is 29.9. The van der Waals surface area contributed by atoms with Gasteiger partial charge < -0.3 is 53.7 Å². The third kappa shape index (κ3) is 20.0. The summed E-state index contributed by atoms with van der Waals surface area (Å²) in [4.78, 5) is 11.0. The van der Waals surface area contributed by atoms with E-state index in [-0.39, 0.29) is 5.91 Å². The lowest BCUT2D eigenvalue weighted by atomic mass is 10.3. The summed E-state index contributed by atoms with van der Waals surface area (Å²) in [5.41, 5.74) is 7.08. The molecule has 12 nitrogen and oxygen atoms in total. The van der Waals surface area contributed by atoms with Gasteiger partial charge in [-0.1, -0.05) is 0 Å². The normalized spacial score (nSPS) is 11.0. The summed E-state index contributed by atoms with van der Waals surface area (Å²) in [5.74, 6) is 1.38. The minimum Gasteiger partial charge on any atom is -0.491 e. The van der Waals surface area contributed by atoms with Crippen LogP contribution >= 0.6 is 0 Å². The van der Waals surface area contributed by atoms with Gasteiger partial charge in [-0.15, -0.1) is 0 Å². The van der Waals surface area contributed by atoms with Crippen LogP contribution in [-0.4, -0.2) is 112 Å². The highest BCUT2D eigenvalue weighted by atomic mass is 16.6. The van der Waals surface area contributed by atoms with E-state index in [0.717, 1.165) is 17.2 Å². The lowest BCUT2D eigenvalue weighted by Gasteiger charge is -2.09. The van der Waals surface area contributed by atoms with E-state index in [1.165, 1.54) is 6.92 Å². The van der Waals surface area contributed by atoms with Gasteiger partial charge in [-0.2, -0.15) is 0 Å². The Morgan fingerprint density at radius 2 is 0.786 bits per heavy atom. The first-order valence-electron chi connectivity index (χ1n) is 14.2. The fraction of sp³-hybridized carbons (Fsp3) is 0.567. The molecule has 0 saturated carbocycles. The van der Waals surface area contributed by atoms with Gasteiger partial charge >= 0.3 is 0 Å². The molecular formula is C30H46N2O10. The van der Waals surface area contributed by atoms with Gasteiger partial charge in [0.25, 0.3) is 0 Å². The second-order valence-corrected chi connectivity index (χ2v) is 8.76. The summed E-state index contributed by atoms with van der Waals surface area (Å²) in [7, 11) is 0. The summed E-state index contributed by atoms with van der Waals surface area (Å²) < 4.78 is 49.4. The van der Waals surface area contributed by atoms with Crippen LogP contribution in [0.1, 0.15) is 6.92 Å². The number of nitrogen functional groups attached to an aromatic ring is 1. The molecule has 0 aliphatic carbocycles. The monoisotopic (exact) mass is 594 g/mol. The minimum atomic E-state index is -0.107. The zero-order valence-corrected chi connectivity index (χ0v) is 24.6. The van der Waals surface area contributed by atoms with Gasteiger partial charge in [0.15, 0.2) is 0 Å². The van der Waals surface area contributed by atoms with Gasteiger partial charge in [-0.05, 0) is 48.5 Å². The maximum atomic E-state index is 11.0. The number of rotatable bonds is 27. The van der Waals surface area contributed by atoms with Crippen LogP contribution in [0.4, 0.5) is 11.4 Å². The maximum Gasteiger partial charge on any atom is 0.221 e. The molecule has 2 aromatic carbocycles. The van der Waals surface area contributed by atoms with Gasteiger partial charge in [0.2, 0.25) is 5.91 Å². The van der Waals surface area contributed by atoms with Crippen LogP contribution in [-0.2, 0) is 38.0 Å². The quantitative estimate of drug-likeness (QED) is 0.117. The van der Waals surface area contributed by atoms with Crippen molar-refractivity contribution in [3.63, 3.8) is 0 Å². The second kappa shape index (κ2) is 24.6. The molecule has 1 amide bonds. The Balaban J connectivity index is 1.20. The van der Waals surface area contributed by atoms with Gasteiger partial charge in [0.1, 0.15) is 24.7 Å². The summed E-state index contributed by atoms with van der Waals surface area (Å²) in [6.45, 7) is 9.29. The fourth-order valence-electron chi connectivity index (χ4n) is 3.26. The van der Waals surface area contributed by atoms with Crippen molar-refractivity contribution in [2.75, 3.05) is 117 Å². The highest BCUT2D eigenvalue weighted by Gasteiger charge is 1.99. The largest absolute Gasteiger partial charge is 0.491 e. The number of carbonyl (C=O) groups excluding carboxylic acids is 1. The smallest absolute Gasteiger partial charge is 0.221 e. The Labute approximate surface area is 248 Å². The van der Waals surface area contributed by atoms with Gasteiger partial charge in [0, 0.05) is 18.3 Å². The van der Waals surface area contributed by atoms with Crippen molar-refractivity contribution in [3.8, 4) is 11.5 Å². The Morgan fingerprint density at radius 3 is 1.10 bits per heavy atom. The summed E-state index contributed by atoms with van der Waals surface area (Å²) in [6, 6.07) is 14.4. The van der Waals surface area contributed by atoms with Crippen molar-refractivity contribution >= 4 is 17.3 Å². The number of ether oxygens (including phenoxy) is 9. The topological polar surface area (TPSA) is 138 Å². The lowest BCUT2D eigenvalue weighted by Crippen LogP contribution is -2.15. The first-order chi connectivity index (χ1) is 20.6. The number of nitrogens with two attached hydrogens (primary N) is 1. The Morgan fingerprint density at radius 1 is 0.500 bits per heavy atom. The number of hydrogen-bond donors (Lipinski definition) is 2. The van der Waals surface area contributed by atoms with Crippen LogP contribution < -0.4 is 20.5 Å². The van der Waals surface area contributed by atoms with Crippen LogP contribution in [0, 0.1) is 0 Å². The number of hydrogen-bond acceptors (Lipinski definition) is 11. The predicted molar refractivity (Wildman–Crippen MR) is 158 cm³/mol. The molecule has 12 heteroatoms. The minimum absolute atomic E-state index is 0.107. The van der Waals surface area contributed by atoms with Gasteiger partial charge in [-0.25, -0.2) is 0 Å². The van der Waals surface area contributed by atoms with Crippen molar-refractivity contribution in [2.24, 2.45) is 0 Å². The molecule has 0 spiro atoms. The van der Waals surface area contributed by atoms with E-state index in [1.54, 1.807) is 36.4 Å². The number of carbonyl (C=O) groups is 1. The fourth-order valence-corrected chi connectivity index (χ4v) is 3.26. The number of benzene rings is 2. The first-order valence-corrected chi connectivity index (χ1v) is 14.2. The zero-order valence-electron chi connectivity index (χ0n) is 24.6. The van der Waals surface area contributed by atoms with Gasteiger partial charge in [0.05, 0.1) is 92.5 Å². The number of nitrogens with one attached hydrogen (secondary N) is 1. The number of anilines is 2. The van der Waals surface area contributed by atoms with E-state index >= 15 is 0 Å². The van der Waals surface area contributed by atoms with Crippen molar-refractivity contribution < 1.29 is 47.4 Å². The summed E-state index contributed by atoms with van der Waals surface area (Å²) >= 11 is 0. The highest BCUT2D eigenvalue weighted by molar-refractivity contribution is 5.88. The molecule has 0 atom stereocenters. The van der Waals surface area contributed by atoms with Crippen LogP contribution in [0.25, 0.3) is 0 Å². The second-order valence-electron chi connectivity index (χ2n) is 8.76. The molecule has 0 aliphatic heterocycles. The van der Waals surface area contributed by atoms with E-state index in [0.29, 0.717) is 111 Å². The van der Waals surface area contributed by atoms with E-state index in [4.69, 9.17) is 48.4 Å². The lowest BCUT2D eigenvalue weighted by molar-refractivity contribution is -0.114. The summed E-state index contributed by atoms with van der Waals surface area (Å²) in [6.07, 6.45) is 0. The molecule has 0 saturated heterocycles. The molecule has 0 aromatic heterocycles. The highest BCUT2D eigenvalue weighted by Crippen LogP contribution is 2.15. The van der Waals surface area contributed by atoms with E-state index in [2.05, 4.69) is 5.32 Å². The van der Waals surface area contributed by atoms with E-state index < -0.39 is 0 Å². The standard InChI is InChI=1S/C30H46N2O10/c1-26(33)32-28-4-8-30(9-5-28)42-25-23-40-21-19-38-17-15-36-13-11-34-10-12-35-14-16-37-18-20-39-22-24-41-29-6-2-27(31)3-7-29/h2-9H,10-25,31H2,1H3,(H,32,33). The van der Waals surface area contributed by atoms with Crippen molar-refractivity contribution in [2.45, 2.75) is 6.92 Å². The van der Waals surface area contributed by atoms with Gasteiger partial charge in [-0.3, -0.25) is 4.79 Å². The summed E-state index contributed by atoms with van der Waals surface area (Å²) in [5, 5.41) is 2.71. The molecule has 2 aromatic rings. The molecule has 0 aliphatic rings. The van der Waals surface area contributed by atoms with Crippen LogP contribution in [0.15, 0.2) is 48.5 Å². The van der Waals surface area contributed by atoms with Crippen molar-refractivity contribution in [1.82, 2.24) is 0 Å². The Bertz CT molecular complexity index is 915. The molecule has 0 heterocycles. The maximum absolute atomic E-state index is 11.0.